The van der Waals surface area contributed by atoms with E-state index < -0.39 is 0 Å². The second-order valence-electron chi connectivity index (χ2n) is 19.4. The first-order valence-electron chi connectivity index (χ1n) is 30.6. The lowest BCUT2D eigenvalue weighted by atomic mass is 10.1. The number of rotatable bonds is 0. The molecule has 11 aromatic heterocycles. The van der Waals surface area contributed by atoms with E-state index in [1.165, 1.54) is 116 Å². The summed E-state index contributed by atoms with van der Waals surface area (Å²) in [6.07, 6.45) is 21.7. The quantitative estimate of drug-likeness (QED) is 0.151. The van der Waals surface area contributed by atoms with Gasteiger partial charge >= 0.3 is 0 Å². The molecule has 0 atom stereocenters. The van der Waals surface area contributed by atoms with Crippen molar-refractivity contribution in [2.45, 2.75) is 269 Å². The SMILES string of the molecule is C.C.C.C.C.C.C.C.C.C.C.C.CC.CC.CC.CC.CC.CC.Cc1cc2ccnc(C)n2c1C.Cc1cc2cncc(C)n2c1C.Cc1cccc2cn(C)c(C)c12.Cc1ccnc2cn(C)c(C)c12.Cc1cncc2cn(C)c(C)c12.Cc1nccc2cn(C)c(C)c12. The summed E-state index contributed by atoms with van der Waals surface area (Å²) in [5.74, 6) is 1.05. The van der Waals surface area contributed by atoms with E-state index in [2.05, 4.69) is 237 Å². The first kappa shape index (κ1) is 116. The smallest absolute Gasteiger partial charge is 0.110 e. The molecule has 0 bridgehead atoms. The number of hydrogen-bond acceptors (Lipinski definition) is 5. The number of aromatic nitrogens is 11. The molecule has 11 heterocycles. The van der Waals surface area contributed by atoms with E-state index in [0.29, 0.717) is 0 Å². The van der Waals surface area contributed by atoms with Crippen LogP contribution in [0.3, 0.4) is 0 Å². The molecule has 0 spiro atoms. The van der Waals surface area contributed by atoms with Crippen molar-refractivity contribution in [3.05, 3.63) is 196 Å². The molecule has 12 aromatic rings. The molecule has 11 heteroatoms. The molecule has 0 aliphatic carbocycles. The highest BCUT2D eigenvalue weighted by atomic mass is 15.0. The van der Waals surface area contributed by atoms with Gasteiger partial charge in [-0.05, 0) is 160 Å². The molecule has 0 saturated carbocycles. The molecule has 0 fully saturated rings. The van der Waals surface area contributed by atoms with Crippen molar-refractivity contribution in [2.24, 2.45) is 28.2 Å². The maximum Gasteiger partial charge on any atom is 0.110 e. The fourth-order valence-electron chi connectivity index (χ4n) is 9.88. The molecule has 0 saturated heterocycles. The Morgan fingerprint density at radius 2 is 0.677 bits per heavy atom. The minimum Gasteiger partial charge on any atom is -0.353 e. The summed E-state index contributed by atoms with van der Waals surface area (Å²) in [7, 11) is 8.27. The average Bonchev–Trinajstić information content (AvgIpc) is 1.79. The van der Waals surface area contributed by atoms with E-state index in [0.717, 1.165) is 17.0 Å². The van der Waals surface area contributed by atoms with Crippen molar-refractivity contribution >= 4 is 54.3 Å². The van der Waals surface area contributed by atoms with Crippen LogP contribution >= 0.6 is 0 Å². The lowest BCUT2D eigenvalue weighted by Crippen LogP contribution is -1.95. The average molecular weight is 1330 g/mol. The van der Waals surface area contributed by atoms with Crippen LogP contribution in [0.2, 0.25) is 0 Å². The molecule has 0 N–H and O–H groups in total. The molecule has 0 unspecified atom stereocenters. The van der Waals surface area contributed by atoms with Crippen LogP contribution in [-0.2, 0) is 28.2 Å². The van der Waals surface area contributed by atoms with Gasteiger partial charge in [-0.3, -0.25) is 19.9 Å². The minimum atomic E-state index is 0. The maximum absolute atomic E-state index is 4.30. The van der Waals surface area contributed by atoms with Crippen molar-refractivity contribution in [2.75, 3.05) is 0 Å². The van der Waals surface area contributed by atoms with Crippen LogP contribution in [0.15, 0.2) is 117 Å². The van der Waals surface area contributed by atoms with Crippen molar-refractivity contribution in [3.8, 4) is 0 Å². The Hall–Kier alpha value is -7.79. The number of aryl methyl sites for hydroxylation is 18. The van der Waals surface area contributed by atoms with E-state index in [-0.39, 0.29) is 89.1 Å². The van der Waals surface area contributed by atoms with Crippen LogP contribution in [0.5, 0.6) is 0 Å². The zero-order chi connectivity index (χ0) is 64.3. The zero-order valence-electron chi connectivity index (χ0n) is 57.9. The molecule has 0 amide bonds. The highest BCUT2D eigenvalue weighted by molar-refractivity contribution is 5.89. The summed E-state index contributed by atoms with van der Waals surface area (Å²) in [6, 6.07) is 16.9. The van der Waals surface area contributed by atoms with E-state index in [1.54, 1.807) is 0 Å². The standard InChI is InChI=1S/C11H13N.5C10H12N2.6C2H6.12CH4/c1-8-5-4-6-10-7-12(3)9(2)11(8)10;1-7-4-11-5-9-6-12(3)8(2)10(7)9;1-7-4-10-6-11-5-8(2)12(10)9(7)3;1-7-10-8(2)12(3)6-9(10)4-5-11-7;1-7-6-10-4-5-11-9(3)12(10)8(7)2;1-7-4-5-11-9-6-12(3)8(2)10(7)9;6*1-2;;;;;;;;;;;;/h4-7H,1-3H3;5*4-6H,1-3H3;6*1-2H3;12*1H4. The predicted octanol–water partition coefficient (Wildman–Crippen LogP) is 27.7. The van der Waals surface area contributed by atoms with Gasteiger partial charge in [-0.25, -0.2) is 4.98 Å². The first-order chi connectivity index (χ1) is 40.2. The molecular formula is C85H157N11. The van der Waals surface area contributed by atoms with E-state index in [1.807, 2.05) is 139 Å². The van der Waals surface area contributed by atoms with Gasteiger partial charge in [0.05, 0.1) is 17.2 Å². The van der Waals surface area contributed by atoms with Gasteiger partial charge < -0.3 is 27.1 Å². The molecule has 1 aromatic carbocycles. The van der Waals surface area contributed by atoms with E-state index in [4.69, 9.17) is 0 Å². The topological polar surface area (TPSA) is 93.0 Å². The summed E-state index contributed by atoms with van der Waals surface area (Å²) in [4.78, 5) is 21.1. The van der Waals surface area contributed by atoms with Gasteiger partial charge in [0.15, 0.2) is 0 Å². The summed E-state index contributed by atoms with van der Waals surface area (Å²) < 4.78 is 13.0. The Balaban J connectivity index is -0.0000000834. The summed E-state index contributed by atoms with van der Waals surface area (Å²) in [5.41, 5.74) is 20.2. The predicted molar refractivity (Wildman–Crippen MR) is 451 cm³/mol. The van der Waals surface area contributed by atoms with Gasteiger partial charge in [-0.1, -0.05) is 190 Å². The Labute approximate surface area is 596 Å². The zero-order valence-corrected chi connectivity index (χ0v) is 57.9. The fourth-order valence-corrected chi connectivity index (χ4v) is 9.88. The molecular weight excluding hydrogens is 1180 g/mol. The van der Waals surface area contributed by atoms with Crippen LogP contribution in [0.25, 0.3) is 54.3 Å². The Morgan fingerprint density at radius 1 is 0.292 bits per heavy atom. The second-order valence-corrected chi connectivity index (χ2v) is 19.4. The number of benzene rings is 1. The van der Waals surface area contributed by atoms with E-state index in [9.17, 15) is 0 Å². The lowest BCUT2D eigenvalue weighted by Gasteiger charge is -2.01. The normalized spacial score (nSPS) is 8.56. The van der Waals surface area contributed by atoms with Gasteiger partial charge in [0.2, 0.25) is 0 Å². The number of hydrogen-bond donors (Lipinski definition) is 0. The van der Waals surface area contributed by atoms with Crippen LogP contribution in [0.1, 0.15) is 251 Å². The van der Waals surface area contributed by atoms with Crippen LogP contribution < -0.4 is 0 Å². The summed E-state index contributed by atoms with van der Waals surface area (Å²) in [5, 5.41) is 9.18. The monoisotopic (exact) mass is 1330 g/mol. The van der Waals surface area contributed by atoms with Crippen molar-refractivity contribution in [1.82, 2.24) is 52.0 Å². The summed E-state index contributed by atoms with van der Waals surface area (Å²) in [6.45, 7) is 53.6. The number of fused-ring (bicyclic) bond motifs is 6. The Kier molecular flexibility index (Phi) is 69.1. The van der Waals surface area contributed by atoms with Crippen LogP contribution in [-0.4, -0.2) is 52.0 Å². The first-order valence-corrected chi connectivity index (χ1v) is 30.6. The maximum atomic E-state index is 4.30. The van der Waals surface area contributed by atoms with Gasteiger partial charge in [-0.15, -0.1) is 0 Å². The lowest BCUT2D eigenvalue weighted by molar-refractivity contribution is 0.888. The number of nitrogens with zero attached hydrogens (tertiary/aromatic N) is 11. The molecule has 12 rings (SSSR count). The van der Waals surface area contributed by atoms with Crippen molar-refractivity contribution in [1.29, 1.82) is 0 Å². The number of pyridine rings is 3. The Morgan fingerprint density at radius 3 is 1.12 bits per heavy atom. The molecule has 0 aliphatic heterocycles. The van der Waals surface area contributed by atoms with Crippen LogP contribution in [0, 0.1) is 96.9 Å². The third-order valence-electron chi connectivity index (χ3n) is 14.4. The van der Waals surface area contributed by atoms with Gasteiger partial charge in [0, 0.05) is 174 Å². The van der Waals surface area contributed by atoms with Crippen molar-refractivity contribution < 1.29 is 0 Å². The summed E-state index contributed by atoms with van der Waals surface area (Å²) >= 11 is 0. The van der Waals surface area contributed by atoms with Gasteiger partial charge in [0.1, 0.15) is 5.82 Å². The van der Waals surface area contributed by atoms with Crippen LogP contribution in [0.4, 0.5) is 0 Å². The molecule has 0 radical (unpaired) electrons. The van der Waals surface area contributed by atoms with Gasteiger partial charge in [-0.2, -0.15) is 0 Å². The fraction of sp³-hybridized carbons (Fsp3) is 0.494. The molecule has 11 nitrogen and oxygen atoms in total. The highest BCUT2D eigenvalue weighted by Crippen LogP contribution is 2.25. The minimum absolute atomic E-state index is 0. The third kappa shape index (κ3) is 28.5. The van der Waals surface area contributed by atoms with E-state index >= 15 is 0 Å². The second kappa shape index (κ2) is 57.5. The molecule has 0 aliphatic rings. The third-order valence-corrected chi connectivity index (χ3v) is 14.4. The largest absolute Gasteiger partial charge is 0.353 e. The highest BCUT2D eigenvalue weighted by Gasteiger charge is 2.09. The van der Waals surface area contributed by atoms with Crippen molar-refractivity contribution in [3.63, 3.8) is 0 Å². The van der Waals surface area contributed by atoms with Gasteiger partial charge in [0.25, 0.3) is 0 Å². The Bertz CT molecular complexity index is 3210. The molecule has 96 heavy (non-hydrogen) atoms. The molecule has 552 valence electrons.